The molecule has 1 saturated heterocycles. The van der Waals surface area contributed by atoms with Crippen LogP contribution in [-0.2, 0) is 5.21 Å². The van der Waals surface area contributed by atoms with Gasteiger partial charge in [0.05, 0.1) is 0 Å². The number of nitrogens with zero attached hydrogens (tertiary/aromatic N) is 1. The van der Waals surface area contributed by atoms with Gasteiger partial charge < -0.3 is 0 Å². The second-order valence-corrected chi connectivity index (χ2v) is 10.6. The fourth-order valence-corrected chi connectivity index (χ4v) is 5.30. The molecule has 2 nitrogen and oxygen atoms in total. The molecule has 0 N–H and O–H groups in total. The van der Waals surface area contributed by atoms with Gasteiger partial charge in [-0.2, -0.15) is 0 Å². The summed E-state index contributed by atoms with van der Waals surface area (Å²) in [4.78, 5) is 0. The lowest BCUT2D eigenvalue weighted by Crippen LogP contribution is -2.58. The van der Waals surface area contributed by atoms with E-state index in [1.54, 1.807) is 0 Å². The molecular formula is C25H50NO. The van der Waals surface area contributed by atoms with E-state index in [1.165, 1.54) is 101 Å². The third-order valence-electron chi connectivity index (χ3n) is 6.64. The molecule has 1 aliphatic rings. The Hall–Kier alpha value is -0.0800. The summed E-state index contributed by atoms with van der Waals surface area (Å²) in [5.74, 6) is 0.734. The van der Waals surface area contributed by atoms with Crippen LogP contribution in [0.4, 0.5) is 0 Å². The lowest BCUT2D eigenvalue weighted by molar-refractivity contribution is -0.294. The Balaban J connectivity index is 1.93. The van der Waals surface area contributed by atoms with Gasteiger partial charge in [-0.1, -0.05) is 103 Å². The minimum atomic E-state index is -0.192. The van der Waals surface area contributed by atoms with E-state index in [4.69, 9.17) is 0 Å². The van der Waals surface area contributed by atoms with Gasteiger partial charge in [0.1, 0.15) is 0 Å². The highest BCUT2D eigenvalue weighted by Crippen LogP contribution is 2.42. The van der Waals surface area contributed by atoms with Crippen LogP contribution < -0.4 is 0 Å². The van der Waals surface area contributed by atoms with Crippen LogP contribution in [0.3, 0.4) is 0 Å². The molecule has 0 aromatic heterocycles. The summed E-state index contributed by atoms with van der Waals surface area (Å²) in [7, 11) is 0. The highest BCUT2D eigenvalue weighted by molar-refractivity contribution is 4.95. The lowest BCUT2D eigenvalue weighted by atomic mass is 9.73. The average molecular weight is 381 g/mol. The van der Waals surface area contributed by atoms with Crippen molar-refractivity contribution in [1.29, 1.82) is 0 Å². The first-order valence-electron chi connectivity index (χ1n) is 12.3. The third kappa shape index (κ3) is 10.3. The van der Waals surface area contributed by atoms with Crippen LogP contribution in [0.5, 0.6) is 0 Å². The van der Waals surface area contributed by atoms with Gasteiger partial charge >= 0.3 is 0 Å². The zero-order valence-corrected chi connectivity index (χ0v) is 19.5. The smallest absolute Gasteiger partial charge is 0.0446 e. The van der Waals surface area contributed by atoms with Crippen molar-refractivity contribution in [3.8, 4) is 0 Å². The quantitative estimate of drug-likeness (QED) is 0.261. The summed E-state index contributed by atoms with van der Waals surface area (Å²) < 4.78 is 0. The number of unbranched alkanes of at least 4 members (excludes halogenated alkanes) is 13. The molecule has 0 amide bonds. The predicted molar refractivity (Wildman–Crippen MR) is 118 cm³/mol. The first-order valence-corrected chi connectivity index (χ1v) is 12.3. The van der Waals surface area contributed by atoms with Gasteiger partial charge in [-0.25, -0.2) is 0 Å². The second kappa shape index (κ2) is 13.2. The third-order valence-corrected chi connectivity index (χ3v) is 6.64. The molecule has 1 heterocycles. The Morgan fingerprint density at radius 2 is 0.963 bits per heavy atom. The van der Waals surface area contributed by atoms with Crippen molar-refractivity contribution in [3.05, 3.63) is 0 Å². The Morgan fingerprint density at radius 3 is 1.33 bits per heavy atom. The molecule has 161 valence electrons. The van der Waals surface area contributed by atoms with Crippen molar-refractivity contribution in [2.75, 3.05) is 0 Å². The van der Waals surface area contributed by atoms with E-state index in [2.05, 4.69) is 34.6 Å². The number of hydrogen-bond acceptors (Lipinski definition) is 1. The minimum Gasteiger partial charge on any atom is -0.144 e. The summed E-state index contributed by atoms with van der Waals surface area (Å²) >= 11 is 0. The molecule has 1 radical (unpaired) electrons. The molecular weight excluding hydrogens is 330 g/mol. The second-order valence-electron chi connectivity index (χ2n) is 10.6. The Kier molecular flexibility index (Phi) is 12.2. The average Bonchev–Trinajstić information content (AvgIpc) is 2.59. The molecule has 0 aromatic carbocycles. The van der Waals surface area contributed by atoms with Crippen molar-refractivity contribution in [2.24, 2.45) is 5.92 Å². The van der Waals surface area contributed by atoms with Gasteiger partial charge in [-0.15, -0.1) is 10.3 Å². The molecule has 0 bridgehead atoms. The van der Waals surface area contributed by atoms with Crippen LogP contribution in [0.2, 0.25) is 0 Å². The molecule has 0 aliphatic carbocycles. The van der Waals surface area contributed by atoms with Crippen molar-refractivity contribution in [3.63, 3.8) is 0 Å². The molecule has 27 heavy (non-hydrogen) atoms. The summed E-state index contributed by atoms with van der Waals surface area (Å²) in [5, 5.41) is 13.8. The van der Waals surface area contributed by atoms with Crippen LogP contribution >= 0.6 is 0 Å². The summed E-state index contributed by atoms with van der Waals surface area (Å²) in [6.07, 6.45) is 23.4. The number of hydroxylamine groups is 2. The van der Waals surface area contributed by atoms with E-state index in [-0.39, 0.29) is 11.1 Å². The Labute approximate surface area is 171 Å². The van der Waals surface area contributed by atoms with E-state index < -0.39 is 0 Å². The SMILES string of the molecule is CCCCCCCCCCCCCCCCC1CC(C)(C)N([O])C(C)(C)C1. The number of rotatable bonds is 15. The summed E-state index contributed by atoms with van der Waals surface area (Å²) in [5.41, 5.74) is -0.384. The molecule has 1 aliphatic heterocycles. The molecule has 0 unspecified atom stereocenters. The lowest BCUT2D eigenvalue weighted by Gasteiger charge is -2.50. The van der Waals surface area contributed by atoms with Crippen molar-refractivity contribution in [1.82, 2.24) is 5.06 Å². The fourth-order valence-electron chi connectivity index (χ4n) is 5.30. The molecule has 2 heteroatoms. The monoisotopic (exact) mass is 380 g/mol. The first kappa shape index (κ1) is 25.0. The van der Waals surface area contributed by atoms with Crippen molar-refractivity contribution < 1.29 is 5.21 Å². The fraction of sp³-hybridized carbons (Fsp3) is 1.00. The summed E-state index contributed by atoms with van der Waals surface area (Å²) in [6, 6.07) is 0. The maximum absolute atomic E-state index is 12.4. The number of hydrogen-bond donors (Lipinski definition) is 0. The molecule has 0 aromatic rings. The van der Waals surface area contributed by atoms with Crippen LogP contribution in [-0.4, -0.2) is 16.1 Å². The highest BCUT2D eigenvalue weighted by Gasteiger charge is 2.45. The van der Waals surface area contributed by atoms with E-state index in [1.807, 2.05) is 0 Å². The Bertz CT molecular complexity index is 345. The highest BCUT2D eigenvalue weighted by atomic mass is 16.5. The van der Waals surface area contributed by atoms with Gasteiger partial charge in [0.2, 0.25) is 0 Å². The van der Waals surface area contributed by atoms with Gasteiger partial charge in [0.15, 0.2) is 0 Å². The van der Waals surface area contributed by atoms with Crippen molar-refractivity contribution >= 4 is 0 Å². The molecule has 1 fully saturated rings. The Morgan fingerprint density at radius 1 is 0.630 bits per heavy atom. The van der Waals surface area contributed by atoms with Gasteiger partial charge in [-0.3, -0.25) is 0 Å². The van der Waals surface area contributed by atoms with Gasteiger partial charge in [0.25, 0.3) is 0 Å². The van der Waals surface area contributed by atoms with Crippen LogP contribution in [0.1, 0.15) is 144 Å². The largest absolute Gasteiger partial charge is 0.144 e. The van der Waals surface area contributed by atoms with Crippen LogP contribution in [0.15, 0.2) is 0 Å². The first-order chi connectivity index (χ1) is 12.8. The molecule has 0 spiro atoms. The maximum Gasteiger partial charge on any atom is 0.0446 e. The zero-order chi connectivity index (χ0) is 20.2. The normalized spacial score (nSPS) is 20.2. The van der Waals surface area contributed by atoms with Gasteiger partial charge in [0, 0.05) is 11.1 Å². The molecule has 0 atom stereocenters. The molecule has 1 rings (SSSR count). The molecule has 0 saturated carbocycles. The van der Waals surface area contributed by atoms with E-state index in [0.717, 1.165) is 18.8 Å². The van der Waals surface area contributed by atoms with Gasteiger partial charge in [-0.05, 0) is 46.5 Å². The zero-order valence-electron chi connectivity index (χ0n) is 19.5. The maximum atomic E-state index is 12.4. The van der Waals surface area contributed by atoms with Crippen LogP contribution in [0.25, 0.3) is 0 Å². The van der Waals surface area contributed by atoms with Crippen LogP contribution in [0, 0.1) is 5.92 Å². The van der Waals surface area contributed by atoms with E-state index >= 15 is 0 Å². The topological polar surface area (TPSA) is 23.1 Å². The van der Waals surface area contributed by atoms with Crippen molar-refractivity contribution in [2.45, 2.75) is 155 Å². The standard InChI is InChI=1S/C25H50NO/c1-6-7-8-9-10-11-12-13-14-15-16-17-18-19-20-23-21-24(2,3)26(27)25(4,5)22-23/h23H,6-22H2,1-5H3. The number of piperidine rings is 1. The summed E-state index contributed by atoms with van der Waals surface area (Å²) in [6.45, 7) is 10.8. The predicted octanol–water partition coefficient (Wildman–Crippen LogP) is 8.47. The van der Waals surface area contributed by atoms with E-state index in [9.17, 15) is 5.21 Å². The minimum absolute atomic E-state index is 0.192. The van der Waals surface area contributed by atoms with E-state index in [0.29, 0.717) is 0 Å².